The van der Waals surface area contributed by atoms with Gasteiger partial charge in [0.05, 0.1) is 0 Å². The first-order valence-corrected chi connectivity index (χ1v) is 8.00. The first kappa shape index (κ1) is 17.2. The van der Waals surface area contributed by atoms with Crippen molar-refractivity contribution in [3.8, 4) is 0 Å². The Morgan fingerprint density at radius 2 is 1.70 bits per heavy atom. The fraction of sp³-hybridized carbons (Fsp3) is 0.667. The molecule has 114 valence electrons. The van der Waals surface area contributed by atoms with Crippen LogP contribution in [0, 0.1) is 20.8 Å². The number of hydrogen-bond donors (Lipinski definition) is 1. The minimum atomic E-state index is 0.424. The summed E-state index contributed by atoms with van der Waals surface area (Å²) in [6, 6.07) is 5.02. The molecule has 1 rings (SSSR count). The molecule has 1 aromatic rings. The van der Waals surface area contributed by atoms with Gasteiger partial charge in [-0.25, -0.2) is 0 Å². The van der Waals surface area contributed by atoms with E-state index in [9.17, 15) is 0 Å². The van der Waals surface area contributed by atoms with Gasteiger partial charge in [0.15, 0.2) is 0 Å². The Morgan fingerprint density at radius 3 is 2.15 bits per heavy atom. The van der Waals surface area contributed by atoms with E-state index in [0.29, 0.717) is 6.04 Å². The summed E-state index contributed by atoms with van der Waals surface area (Å²) in [7, 11) is 2.08. The summed E-state index contributed by atoms with van der Waals surface area (Å²) in [5.74, 6) is 0. The number of rotatable bonds is 8. The monoisotopic (exact) mass is 276 g/mol. The Labute approximate surface area is 125 Å². The first-order chi connectivity index (χ1) is 9.53. The van der Waals surface area contributed by atoms with Crippen LogP contribution >= 0.6 is 0 Å². The number of nitrogens with zero attached hydrogens (tertiary/aromatic N) is 1. The number of aryl methyl sites for hydroxylation is 3. The Kier molecular flexibility index (Phi) is 7.25. The van der Waals surface area contributed by atoms with Crippen LogP contribution in [0.15, 0.2) is 12.1 Å². The molecule has 0 fully saturated rings. The molecule has 2 heteroatoms. The van der Waals surface area contributed by atoms with Gasteiger partial charge in [-0.15, -0.1) is 0 Å². The Morgan fingerprint density at radius 1 is 1.10 bits per heavy atom. The van der Waals surface area contributed by atoms with Crippen molar-refractivity contribution in [2.45, 2.75) is 53.5 Å². The van der Waals surface area contributed by atoms with Crippen molar-refractivity contribution in [2.75, 3.05) is 26.7 Å². The summed E-state index contributed by atoms with van der Waals surface area (Å²) < 4.78 is 0. The van der Waals surface area contributed by atoms with Crippen molar-refractivity contribution in [3.05, 3.63) is 34.4 Å². The van der Waals surface area contributed by atoms with Crippen LogP contribution in [0.5, 0.6) is 0 Å². The lowest BCUT2D eigenvalue weighted by molar-refractivity contribution is 0.254. The average Bonchev–Trinajstić information content (AvgIpc) is 2.40. The molecule has 0 bridgehead atoms. The molecule has 0 aliphatic heterocycles. The highest BCUT2D eigenvalue weighted by molar-refractivity contribution is 5.39. The molecule has 1 unspecified atom stereocenters. The van der Waals surface area contributed by atoms with Crippen molar-refractivity contribution in [2.24, 2.45) is 0 Å². The predicted octanol–water partition coefficient (Wildman–Crippen LogP) is 3.99. The minimum absolute atomic E-state index is 0.424. The first-order valence-electron chi connectivity index (χ1n) is 8.00. The SMILES string of the molecule is CCCCN(CC)CC(NC)c1c(C)cc(C)cc1C. The van der Waals surface area contributed by atoms with Crippen molar-refractivity contribution >= 4 is 0 Å². The second-order valence-corrected chi connectivity index (χ2v) is 5.90. The smallest absolute Gasteiger partial charge is 0.0452 e. The third-order valence-corrected chi connectivity index (χ3v) is 4.15. The molecule has 0 amide bonds. The van der Waals surface area contributed by atoms with E-state index in [-0.39, 0.29) is 0 Å². The lowest BCUT2D eigenvalue weighted by atomic mass is 9.93. The molecular weight excluding hydrogens is 244 g/mol. The van der Waals surface area contributed by atoms with Gasteiger partial charge in [0, 0.05) is 12.6 Å². The molecule has 0 aliphatic rings. The van der Waals surface area contributed by atoms with Crippen LogP contribution in [-0.4, -0.2) is 31.6 Å². The molecule has 20 heavy (non-hydrogen) atoms. The molecule has 0 saturated carbocycles. The van der Waals surface area contributed by atoms with E-state index in [4.69, 9.17) is 0 Å². The summed E-state index contributed by atoms with van der Waals surface area (Å²) in [5, 5.41) is 3.52. The molecule has 0 radical (unpaired) electrons. The van der Waals surface area contributed by atoms with Gasteiger partial charge in [-0.1, -0.05) is 38.0 Å². The number of hydrogen-bond acceptors (Lipinski definition) is 2. The zero-order valence-electron chi connectivity index (χ0n) is 14.2. The molecule has 2 nitrogen and oxygen atoms in total. The molecule has 1 aromatic carbocycles. The highest BCUT2D eigenvalue weighted by Gasteiger charge is 2.17. The van der Waals surface area contributed by atoms with E-state index < -0.39 is 0 Å². The van der Waals surface area contributed by atoms with E-state index in [1.165, 1.54) is 41.6 Å². The Bertz CT molecular complexity index is 389. The maximum Gasteiger partial charge on any atom is 0.0452 e. The van der Waals surface area contributed by atoms with E-state index in [1.807, 2.05) is 0 Å². The summed E-state index contributed by atoms with van der Waals surface area (Å²) in [6.07, 6.45) is 2.56. The van der Waals surface area contributed by atoms with Crippen LogP contribution in [-0.2, 0) is 0 Å². The zero-order chi connectivity index (χ0) is 15.1. The van der Waals surface area contributed by atoms with E-state index >= 15 is 0 Å². The van der Waals surface area contributed by atoms with Gasteiger partial charge >= 0.3 is 0 Å². The van der Waals surface area contributed by atoms with E-state index in [0.717, 1.165) is 13.1 Å². The number of nitrogens with one attached hydrogen (secondary N) is 1. The summed E-state index contributed by atoms with van der Waals surface area (Å²) >= 11 is 0. The van der Waals surface area contributed by atoms with Crippen LogP contribution in [0.3, 0.4) is 0 Å². The van der Waals surface area contributed by atoms with Gasteiger partial charge in [0.1, 0.15) is 0 Å². The lowest BCUT2D eigenvalue weighted by Gasteiger charge is -2.28. The van der Waals surface area contributed by atoms with Gasteiger partial charge in [0.25, 0.3) is 0 Å². The topological polar surface area (TPSA) is 15.3 Å². The molecule has 0 aliphatic carbocycles. The summed E-state index contributed by atoms with van der Waals surface area (Å²) in [5.41, 5.74) is 5.66. The lowest BCUT2D eigenvalue weighted by Crippen LogP contribution is -2.35. The van der Waals surface area contributed by atoms with Gasteiger partial charge in [-0.05, 0) is 64.0 Å². The van der Waals surface area contributed by atoms with Crippen LogP contribution < -0.4 is 5.32 Å². The maximum absolute atomic E-state index is 3.52. The largest absolute Gasteiger partial charge is 0.312 e. The molecule has 0 spiro atoms. The third kappa shape index (κ3) is 4.60. The maximum atomic E-state index is 3.52. The van der Waals surface area contributed by atoms with Crippen molar-refractivity contribution < 1.29 is 0 Å². The molecule has 0 aromatic heterocycles. The molecular formula is C18H32N2. The molecule has 1 atom stereocenters. The predicted molar refractivity (Wildman–Crippen MR) is 89.5 cm³/mol. The molecule has 0 heterocycles. The third-order valence-electron chi connectivity index (χ3n) is 4.15. The second kappa shape index (κ2) is 8.43. The zero-order valence-corrected chi connectivity index (χ0v) is 14.2. The number of unbranched alkanes of at least 4 members (excludes halogenated alkanes) is 1. The normalized spacial score (nSPS) is 12.9. The second-order valence-electron chi connectivity index (χ2n) is 5.90. The highest BCUT2D eigenvalue weighted by atomic mass is 15.1. The van der Waals surface area contributed by atoms with Crippen LogP contribution in [0.2, 0.25) is 0 Å². The van der Waals surface area contributed by atoms with Crippen LogP contribution in [0.25, 0.3) is 0 Å². The van der Waals surface area contributed by atoms with Gasteiger partial charge in [-0.3, -0.25) is 0 Å². The van der Waals surface area contributed by atoms with Crippen LogP contribution in [0.4, 0.5) is 0 Å². The fourth-order valence-electron chi connectivity index (χ4n) is 3.09. The summed E-state index contributed by atoms with van der Waals surface area (Å²) in [4.78, 5) is 2.56. The Hall–Kier alpha value is -0.860. The van der Waals surface area contributed by atoms with Crippen LogP contribution in [0.1, 0.15) is 55.0 Å². The quantitative estimate of drug-likeness (QED) is 0.772. The van der Waals surface area contributed by atoms with E-state index in [1.54, 1.807) is 0 Å². The minimum Gasteiger partial charge on any atom is -0.312 e. The Balaban J connectivity index is 2.90. The average molecular weight is 276 g/mol. The van der Waals surface area contributed by atoms with Gasteiger partial charge < -0.3 is 10.2 Å². The van der Waals surface area contributed by atoms with Gasteiger partial charge in [0.2, 0.25) is 0 Å². The summed E-state index contributed by atoms with van der Waals surface area (Å²) in [6.45, 7) is 14.6. The number of benzene rings is 1. The fourth-order valence-corrected chi connectivity index (χ4v) is 3.09. The standard InChI is InChI=1S/C18H32N2/c1-7-9-10-20(8-2)13-17(19-6)18-15(4)11-14(3)12-16(18)5/h11-12,17,19H,7-10,13H2,1-6H3. The number of likely N-dealkylation sites (N-methyl/N-ethyl adjacent to an activating group) is 2. The molecule has 1 N–H and O–H groups in total. The van der Waals surface area contributed by atoms with Crippen molar-refractivity contribution in [1.82, 2.24) is 10.2 Å². The van der Waals surface area contributed by atoms with Crippen molar-refractivity contribution in [1.29, 1.82) is 0 Å². The van der Waals surface area contributed by atoms with Crippen molar-refractivity contribution in [3.63, 3.8) is 0 Å². The van der Waals surface area contributed by atoms with E-state index in [2.05, 4.69) is 64.0 Å². The molecule has 0 saturated heterocycles. The van der Waals surface area contributed by atoms with Gasteiger partial charge in [-0.2, -0.15) is 0 Å². The highest BCUT2D eigenvalue weighted by Crippen LogP contribution is 2.24.